The number of carbonyl (C=O) groups excluding carboxylic acids is 1. The van der Waals surface area contributed by atoms with Crippen LogP contribution in [-0.4, -0.2) is 17.5 Å². The molecule has 22 heavy (non-hydrogen) atoms. The average Bonchev–Trinajstić information content (AvgIpc) is 2.66. The number of amides is 1. The van der Waals surface area contributed by atoms with Crippen LogP contribution in [0.1, 0.15) is 34.5 Å². The Morgan fingerprint density at radius 2 is 2.14 bits per heavy atom. The summed E-state index contributed by atoms with van der Waals surface area (Å²) < 4.78 is 33.1. The Bertz CT molecular complexity index is 736. The Balaban J connectivity index is 2.17. The van der Waals surface area contributed by atoms with Crippen molar-refractivity contribution in [3.05, 3.63) is 52.8 Å². The van der Waals surface area contributed by atoms with Crippen LogP contribution in [0.4, 0.5) is 8.78 Å². The Morgan fingerprint density at radius 3 is 2.91 bits per heavy atom. The normalized spacial score (nSPS) is 17.5. The fraction of sp³-hybridized carbons (Fsp3) is 0.250. The van der Waals surface area contributed by atoms with E-state index in [0.29, 0.717) is 30.0 Å². The number of halogens is 2. The predicted molar refractivity (Wildman–Crippen MR) is 77.5 cm³/mol. The number of nitrogens with zero attached hydrogens (tertiary/aromatic N) is 1. The minimum absolute atomic E-state index is 0.00188. The predicted octanol–water partition coefficient (Wildman–Crippen LogP) is 3.00. The molecule has 0 fully saturated rings. The summed E-state index contributed by atoms with van der Waals surface area (Å²) in [7, 11) is 0. The smallest absolute Gasteiger partial charge is 0.267 e. The summed E-state index contributed by atoms with van der Waals surface area (Å²) in [5.74, 6) is -1.75. The van der Waals surface area contributed by atoms with Crippen molar-refractivity contribution < 1.29 is 18.3 Å². The topological polar surface area (TPSA) is 65.2 Å². The second kappa shape index (κ2) is 5.71. The van der Waals surface area contributed by atoms with E-state index in [4.69, 9.17) is 10.5 Å². The van der Waals surface area contributed by atoms with E-state index in [9.17, 15) is 13.6 Å². The van der Waals surface area contributed by atoms with E-state index in [2.05, 4.69) is 4.98 Å². The van der Waals surface area contributed by atoms with Gasteiger partial charge in [-0.1, -0.05) is 6.08 Å². The highest BCUT2D eigenvalue weighted by molar-refractivity contribution is 5.93. The molecule has 6 heteroatoms. The average molecular weight is 304 g/mol. The van der Waals surface area contributed by atoms with E-state index in [1.54, 1.807) is 6.08 Å². The number of fused-ring (bicyclic) bond motifs is 1. The third-order valence-electron chi connectivity index (χ3n) is 3.60. The van der Waals surface area contributed by atoms with Crippen molar-refractivity contribution in [2.75, 3.05) is 6.61 Å². The highest BCUT2D eigenvalue weighted by Crippen LogP contribution is 2.36. The molecular formula is C16H14F2N2O2. The van der Waals surface area contributed by atoms with Gasteiger partial charge in [0.15, 0.2) is 0 Å². The molecule has 114 valence electrons. The third-order valence-corrected chi connectivity index (χ3v) is 3.60. The molecule has 0 atom stereocenters. The number of rotatable bonds is 2. The van der Waals surface area contributed by atoms with E-state index in [0.717, 1.165) is 12.5 Å². The number of primary amides is 1. The molecule has 0 spiro atoms. The van der Waals surface area contributed by atoms with Crippen LogP contribution in [0.2, 0.25) is 0 Å². The highest BCUT2D eigenvalue weighted by atomic mass is 19.1. The summed E-state index contributed by atoms with van der Waals surface area (Å²) in [5.41, 5.74) is 6.71. The maximum absolute atomic E-state index is 14.3. The molecule has 4 nitrogen and oxygen atoms in total. The molecule has 0 aromatic carbocycles. The lowest BCUT2D eigenvalue weighted by atomic mass is 9.94. The Morgan fingerprint density at radius 1 is 1.32 bits per heavy atom. The van der Waals surface area contributed by atoms with Crippen molar-refractivity contribution in [3.8, 4) is 5.88 Å². The third kappa shape index (κ3) is 2.64. The van der Waals surface area contributed by atoms with Crippen LogP contribution in [-0.2, 0) is 6.42 Å². The van der Waals surface area contributed by atoms with E-state index < -0.39 is 17.6 Å². The van der Waals surface area contributed by atoms with Gasteiger partial charge in [0.2, 0.25) is 5.88 Å². The van der Waals surface area contributed by atoms with Crippen LogP contribution >= 0.6 is 0 Å². The molecule has 0 saturated carbocycles. The minimum atomic E-state index is -0.721. The van der Waals surface area contributed by atoms with Crippen LogP contribution in [0.15, 0.2) is 35.9 Å². The van der Waals surface area contributed by atoms with Crippen molar-refractivity contribution in [1.29, 1.82) is 0 Å². The molecule has 1 aromatic rings. The van der Waals surface area contributed by atoms with Gasteiger partial charge < -0.3 is 10.5 Å². The lowest BCUT2D eigenvalue weighted by Gasteiger charge is -2.21. The summed E-state index contributed by atoms with van der Waals surface area (Å²) in [5, 5.41) is 0. The second-order valence-electron chi connectivity index (χ2n) is 5.09. The second-order valence-corrected chi connectivity index (χ2v) is 5.09. The van der Waals surface area contributed by atoms with Gasteiger partial charge in [-0.3, -0.25) is 4.79 Å². The van der Waals surface area contributed by atoms with E-state index >= 15 is 0 Å². The Labute approximate surface area is 126 Å². The zero-order chi connectivity index (χ0) is 15.7. The molecule has 0 radical (unpaired) electrons. The minimum Gasteiger partial charge on any atom is -0.477 e. The first-order valence-electron chi connectivity index (χ1n) is 6.96. The summed E-state index contributed by atoms with van der Waals surface area (Å²) in [6.07, 6.45) is 5.37. The van der Waals surface area contributed by atoms with Gasteiger partial charge in [-0.2, -0.15) is 0 Å². The number of aromatic nitrogens is 1. The van der Waals surface area contributed by atoms with Gasteiger partial charge >= 0.3 is 0 Å². The summed E-state index contributed by atoms with van der Waals surface area (Å²) in [6, 6.07) is 1.44. The van der Waals surface area contributed by atoms with Gasteiger partial charge in [0, 0.05) is 17.2 Å². The first kappa shape index (κ1) is 14.4. The lowest BCUT2D eigenvalue weighted by Crippen LogP contribution is -2.18. The van der Waals surface area contributed by atoms with Crippen LogP contribution in [0.5, 0.6) is 5.88 Å². The van der Waals surface area contributed by atoms with Crippen molar-refractivity contribution >= 4 is 11.5 Å². The molecule has 0 saturated heterocycles. The quantitative estimate of drug-likeness (QED) is 0.913. The zero-order valence-electron chi connectivity index (χ0n) is 11.7. The van der Waals surface area contributed by atoms with Crippen molar-refractivity contribution in [3.63, 3.8) is 0 Å². The summed E-state index contributed by atoms with van der Waals surface area (Å²) in [6.45, 7) is 0.481. The lowest BCUT2D eigenvalue weighted by molar-refractivity contribution is 0.0994. The largest absolute Gasteiger partial charge is 0.477 e. The van der Waals surface area contributed by atoms with E-state index in [1.807, 2.05) is 0 Å². The van der Waals surface area contributed by atoms with Crippen molar-refractivity contribution in [1.82, 2.24) is 4.98 Å². The summed E-state index contributed by atoms with van der Waals surface area (Å²) in [4.78, 5) is 15.5. The van der Waals surface area contributed by atoms with Gasteiger partial charge in [0.25, 0.3) is 5.91 Å². The van der Waals surface area contributed by atoms with Crippen LogP contribution in [0.3, 0.4) is 0 Å². The summed E-state index contributed by atoms with van der Waals surface area (Å²) >= 11 is 0. The maximum Gasteiger partial charge on any atom is 0.267 e. The molecule has 1 amide bonds. The van der Waals surface area contributed by atoms with Gasteiger partial charge in [-0.05, 0) is 37.0 Å². The molecule has 2 N–H and O–H groups in total. The number of carbonyl (C=O) groups is 1. The van der Waals surface area contributed by atoms with E-state index in [-0.39, 0.29) is 17.7 Å². The number of nitrogens with two attached hydrogens (primary N) is 1. The van der Waals surface area contributed by atoms with Gasteiger partial charge in [-0.25, -0.2) is 13.8 Å². The highest BCUT2D eigenvalue weighted by Gasteiger charge is 2.23. The monoisotopic (exact) mass is 304 g/mol. The first-order chi connectivity index (χ1) is 10.6. The Hall–Kier alpha value is -2.50. The molecule has 3 rings (SSSR count). The SMILES string of the molecule is NC(=O)c1cc(C2=CCC=C(F)C=C2F)c2c(n1)OCCC2. The fourth-order valence-electron chi connectivity index (χ4n) is 2.58. The van der Waals surface area contributed by atoms with Crippen molar-refractivity contribution in [2.24, 2.45) is 5.73 Å². The van der Waals surface area contributed by atoms with Crippen molar-refractivity contribution in [2.45, 2.75) is 19.3 Å². The number of ether oxygens (including phenoxy) is 1. The number of hydrogen-bond donors (Lipinski definition) is 1. The van der Waals surface area contributed by atoms with Crippen LogP contribution in [0, 0.1) is 0 Å². The molecule has 1 aliphatic carbocycles. The van der Waals surface area contributed by atoms with Crippen LogP contribution in [0.25, 0.3) is 5.57 Å². The molecule has 0 unspecified atom stereocenters. The van der Waals surface area contributed by atoms with Gasteiger partial charge in [-0.15, -0.1) is 0 Å². The maximum atomic E-state index is 14.3. The molecule has 0 bridgehead atoms. The molecule has 2 heterocycles. The van der Waals surface area contributed by atoms with Gasteiger partial charge in [0.1, 0.15) is 17.3 Å². The zero-order valence-corrected chi connectivity index (χ0v) is 11.7. The van der Waals surface area contributed by atoms with Gasteiger partial charge in [0.05, 0.1) is 6.61 Å². The Kier molecular flexibility index (Phi) is 3.75. The molecular weight excluding hydrogens is 290 g/mol. The number of hydrogen-bond acceptors (Lipinski definition) is 3. The van der Waals surface area contributed by atoms with E-state index in [1.165, 1.54) is 12.1 Å². The number of allylic oxidation sites excluding steroid dienone is 6. The van der Waals surface area contributed by atoms with Crippen LogP contribution < -0.4 is 10.5 Å². The standard InChI is InChI=1S/C16H14F2N2O2/c17-9-3-1-4-10(13(18)7-9)12-8-14(15(19)21)20-16-11(12)5-2-6-22-16/h3-4,7-8H,1-2,5-6H2,(H2,19,21). The first-order valence-corrected chi connectivity index (χ1v) is 6.96. The molecule has 2 aliphatic rings. The molecule has 1 aliphatic heterocycles. The fourth-order valence-corrected chi connectivity index (χ4v) is 2.58. The number of pyridine rings is 1. The molecule has 1 aromatic heterocycles.